The van der Waals surface area contributed by atoms with Crippen molar-refractivity contribution in [3.63, 3.8) is 0 Å². The first kappa shape index (κ1) is 36.2. The van der Waals surface area contributed by atoms with Crippen LogP contribution in [0.5, 0.6) is 0 Å². The number of aliphatic hydroxyl groups is 2. The van der Waals surface area contributed by atoms with Gasteiger partial charge in [0.25, 0.3) is 0 Å². The molecule has 0 aliphatic rings. The Morgan fingerprint density at radius 3 is 2.23 bits per heavy atom. The van der Waals surface area contributed by atoms with Gasteiger partial charge in [0.05, 0.1) is 29.9 Å². The number of nitrogens with one attached hydrogen (secondary N) is 1. The number of carbonyl (C=O) groups excluding carboxylic acids is 1. The van der Waals surface area contributed by atoms with Gasteiger partial charge < -0.3 is 25.6 Å². The van der Waals surface area contributed by atoms with Crippen LogP contribution in [0.3, 0.4) is 0 Å². The fourth-order valence-electron chi connectivity index (χ4n) is 2.97. The molecule has 0 aliphatic carbocycles. The molecular weight excluding hydrogens is 503 g/mol. The van der Waals surface area contributed by atoms with E-state index in [1.54, 1.807) is 0 Å². The van der Waals surface area contributed by atoms with Crippen LogP contribution in [-0.2, 0) is 14.8 Å². The number of aliphatic hydroxyl groups excluding tert-OH is 2. The largest absolute Gasteiger partial charge is 1.00 e. The van der Waals surface area contributed by atoms with Crippen molar-refractivity contribution >= 4 is 28.0 Å². The minimum atomic E-state index is -3.66. The second-order valence-electron chi connectivity index (χ2n) is 7.62. The standard InChI is InChI=1S/C21H26FN3O6S.2Na.H2O/c1-12(2)19-17(9-8-15(26)10-16(27)11-18(28)29)20(13-4-6-14(22)7-5-13)24-21(23-19)25-32(3,30)31;;;/h4-9,12,15-16,26-27H,10-11H2,1-3H3,(H,28,29)(H,23,24,25);;;1H2/q;2*+1;/p-1/b9-8+;;;/t15-,16-;;;/m1.../s1. The van der Waals surface area contributed by atoms with Crippen LogP contribution in [0, 0.1) is 5.82 Å². The summed E-state index contributed by atoms with van der Waals surface area (Å²) >= 11 is 0. The zero-order valence-corrected chi connectivity index (χ0v) is 25.1. The Hall–Kier alpha value is -0.930. The molecular formula is C21H27FN3Na2O7S+. The van der Waals surface area contributed by atoms with Crippen LogP contribution in [-0.4, -0.2) is 58.5 Å². The average molecular weight is 531 g/mol. The normalized spacial score (nSPS) is 12.8. The average Bonchev–Trinajstić information content (AvgIpc) is 2.64. The van der Waals surface area contributed by atoms with E-state index in [0.29, 0.717) is 22.5 Å². The van der Waals surface area contributed by atoms with E-state index < -0.39 is 40.4 Å². The van der Waals surface area contributed by atoms with Crippen LogP contribution in [0.15, 0.2) is 30.3 Å². The number of carboxylic acid groups (broad SMARTS) is 1. The van der Waals surface area contributed by atoms with Crippen molar-refractivity contribution in [2.45, 2.75) is 44.8 Å². The summed E-state index contributed by atoms with van der Waals surface area (Å²) in [5.74, 6) is -2.23. The Kier molecular flexibility index (Phi) is 16.6. The number of anilines is 1. The van der Waals surface area contributed by atoms with Crippen LogP contribution in [0.25, 0.3) is 17.3 Å². The molecule has 0 aliphatic heterocycles. The van der Waals surface area contributed by atoms with E-state index in [0.717, 1.165) is 6.26 Å². The van der Waals surface area contributed by atoms with Gasteiger partial charge in [0.1, 0.15) is 5.82 Å². The summed E-state index contributed by atoms with van der Waals surface area (Å²) in [4.78, 5) is 19.2. The number of hydrogen-bond donors (Lipinski definition) is 3. The number of hydrogen-bond acceptors (Lipinski definition) is 8. The Morgan fingerprint density at radius 2 is 1.74 bits per heavy atom. The minimum absolute atomic E-state index is 0. The summed E-state index contributed by atoms with van der Waals surface area (Å²) < 4.78 is 39.1. The molecule has 35 heavy (non-hydrogen) atoms. The number of aliphatic carboxylic acids is 1. The van der Waals surface area contributed by atoms with Crippen LogP contribution >= 0.6 is 0 Å². The number of carbonyl (C=O) groups is 1. The van der Waals surface area contributed by atoms with Crippen LogP contribution in [0.2, 0.25) is 0 Å². The molecule has 0 saturated carbocycles. The molecule has 1 heterocycles. The number of nitrogens with zero attached hydrogens (tertiary/aromatic N) is 2. The molecule has 0 amide bonds. The van der Waals surface area contributed by atoms with E-state index >= 15 is 0 Å². The van der Waals surface area contributed by atoms with Gasteiger partial charge in [-0.1, -0.05) is 26.0 Å². The van der Waals surface area contributed by atoms with Gasteiger partial charge in [0.15, 0.2) is 0 Å². The third kappa shape index (κ3) is 12.2. The monoisotopic (exact) mass is 530 g/mol. The molecule has 0 unspecified atom stereocenters. The first-order valence-electron chi connectivity index (χ1n) is 9.75. The molecule has 2 aromatic rings. The number of sulfonamides is 1. The smallest absolute Gasteiger partial charge is 0.550 e. The van der Waals surface area contributed by atoms with E-state index in [4.69, 9.17) is 0 Å². The summed E-state index contributed by atoms with van der Waals surface area (Å²) in [7, 11) is -3.66. The van der Waals surface area contributed by atoms with Crippen molar-refractivity contribution in [2.24, 2.45) is 0 Å². The van der Waals surface area contributed by atoms with Crippen LogP contribution in [0.4, 0.5) is 10.3 Å². The fourth-order valence-corrected chi connectivity index (χ4v) is 3.39. The van der Waals surface area contributed by atoms with Gasteiger partial charge >= 0.3 is 59.1 Å². The summed E-state index contributed by atoms with van der Waals surface area (Å²) in [6, 6.07) is 5.41. The molecule has 2 atom stereocenters. The Morgan fingerprint density at radius 1 is 1.17 bits per heavy atom. The number of rotatable bonds is 10. The first-order valence-corrected chi connectivity index (χ1v) is 11.6. The van der Waals surface area contributed by atoms with E-state index in [9.17, 15) is 32.9 Å². The molecule has 182 valence electrons. The predicted molar refractivity (Wildman–Crippen MR) is 119 cm³/mol. The molecule has 5 N–H and O–H groups in total. The van der Waals surface area contributed by atoms with Crippen molar-refractivity contribution in [2.75, 3.05) is 11.0 Å². The molecule has 0 radical (unpaired) electrons. The number of carboxylic acids is 1. The molecule has 2 rings (SSSR count). The topological polar surface area (TPSA) is 184 Å². The second kappa shape index (κ2) is 16.0. The van der Waals surface area contributed by atoms with Crippen molar-refractivity contribution in [3.05, 3.63) is 47.4 Å². The minimum Gasteiger partial charge on any atom is -0.550 e. The van der Waals surface area contributed by atoms with E-state index in [2.05, 4.69) is 14.7 Å². The van der Waals surface area contributed by atoms with Gasteiger partial charge in [-0.3, -0.25) is 4.72 Å². The summed E-state index contributed by atoms with van der Waals surface area (Å²) in [6.45, 7) is 3.66. The van der Waals surface area contributed by atoms with E-state index in [-0.39, 0.29) is 82.9 Å². The Balaban J connectivity index is 0. The predicted octanol–water partition coefficient (Wildman–Crippen LogP) is -5.77. The van der Waals surface area contributed by atoms with Gasteiger partial charge in [-0.25, -0.2) is 22.8 Å². The van der Waals surface area contributed by atoms with E-state index in [1.165, 1.54) is 36.4 Å². The molecule has 1 aromatic carbocycles. The van der Waals surface area contributed by atoms with Gasteiger partial charge in [-0.05, 0) is 30.2 Å². The fraction of sp³-hybridized carbons (Fsp3) is 0.381. The maximum absolute atomic E-state index is 13.4. The Bertz CT molecular complexity index is 1100. The number of benzene rings is 1. The third-order valence-electron chi connectivity index (χ3n) is 4.32. The van der Waals surface area contributed by atoms with Gasteiger partial charge in [-0.2, -0.15) is 0 Å². The SMILES string of the molecule is CC(C)c1nc(NS(C)(=O)=O)nc(-c2ccc(F)cc2)c1/C=C/[C@@H](O)C[C@@H](O)CC(=O)[O-].O.[Na+].[Na+]. The molecule has 0 spiro atoms. The number of aromatic nitrogens is 2. The molecule has 10 nitrogen and oxygen atoms in total. The first-order chi connectivity index (χ1) is 14.9. The van der Waals surface area contributed by atoms with Crippen molar-refractivity contribution in [1.29, 1.82) is 0 Å². The number of halogens is 1. The molecule has 14 heteroatoms. The van der Waals surface area contributed by atoms with Crippen molar-refractivity contribution < 1.29 is 97.5 Å². The zero-order valence-electron chi connectivity index (χ0n) is 20.3. The summed E-state index contributed by atoms with van der Waals surface area (Å²) in [5.41, 5.74) is 1.70. The van der Waals surface area contributed by atoms with Gasteiger partial charge in [-0.15, -0.1) is 0 Å². The summed E-state index contributed by atoms with van der Waals surface area (Å²) in [5, 5.41) is 30.5. The van der Waals surface area contributed by atoms with Gasteiger partial charge in [0, 0.05) is 29.9 Å². The second-order valence-corrected chi connectivity index (χ2v) is 9.37. The van der Waals surface area contributed by atoms with Gasteiger partial charge in [0.2, 0.25) is 16.0 Å². The quantitative estimate of drug-likeness (QED) is 0.254. The molecule has 1 aromatic heterocycles. The third-order valence-corrected chi connectivity index (χ3v) is 4.87. The molecule has 0 bridgehead atoms. The molecule has 0 saturated heterocycles. The maximum Gasteiger partial charge on any atom is 1.00 e. The van der Waals surface area contributed by atoms with Crippen molar-refractivity contribution in [3.8, 4) is 11.3 Å². The van der Waals surface area contributed by atoms with Crippen molar-refractivity contribution in [1.82, 2.24) is 9.97 Å². The zero-order chi connectivity index (χ0) is 24.1. The molecule has 0 fully saturated rings. The van der Waals surface area contributed by atoms with E-state index in [1.807, 2.05) is 13.8 Å². The van der Waals surface area contributed by atoms with Crippen LogP contribution in [0.1, 0.15) is 43.9 Å². The maximum atomic E-state index is 13.4. The summed E-state index contributed by atoms with van der Waals surface area (Å²) in [6.07, 6.45) is 0.497. The Labute approximate surface area is 248 Å². The van der Waals surface area contributed by atoms with Crippen LogP contribution < -0.4 is 68.9 Å².